The van der Waals surface area contributed by atoms with Crippen molar-refractivity contribution in [2.45, 2.75) is 83.5 Å². The Hall–Kier alpha value is -2.97. The summed E-state index contributed by atoms with van der Waals surface area (Å²) in [5.41, 5.74) is 6.48. The van der Waals surface area contributed by atoms with Crippen LogP contribution in [0.25, 0.3) is 0 Å². The number of nitrogens with zero attached hydrogens (tertiary/aromatic N) is 3. The van der Waals surface area contributed by atoms with Crippen molar-refractivity contribution in [2.24, 2.45) is 11.7 Å². The Labute approximate surface area is 214 Å². The van der Waals surface area contributed by atoms with Crippen LogP contribution < -0.4 is 15.2 Å². The highest BCUT2D eigenvalue weighted by molar-refractivity contribution is 5.89. The molecule has 9 nitrogen and oxygen atoms in total. The van der Waals surface area contributed by atoms with Gasteiger partial charge in [0.05, 0.1) is 20.3 Å². The number of piperazine rings is 1. The van der Waals surface area contributed by atoms with Gasteiger partial charge >= 0.3 is 6.03 Å². The van der Waals surface area contributed by atoms with Crippen molar-refractivity contribution in [3.63, 3.8) is 0 Å². The van der Waals surface area contributed by atoms with Crippen molar-refractivity contribution >= 4 is 17.8 Å². The zero-order valence-electron chi connectivity index (χ0n) is 22.4. The number of carbonyl (C=O) groups is 3. The lowest BCUT2D eigenvalue weighted by atomic mass is 9.93. The molecule has 0 unspecified atom stereocenters. The normalized spacial score (nSPS) is 21.0. The maximum absolute atomic E-state index is 13.9. The molecule has 36 heavy (non-hydrogen) atoms. The fraction of sp³-hybridized carbons (Fsp3) is 0.667. The van der Waals surface area contributed by atoms with Gasteiger partial charge in [-0.2, -0.15) is 0 Å². The van der Waals surface area contributed by atoms with E-state index < -0.39 is 18.0 Å². The van der Waals surface area contributed by atoms with Crippen LogP contribution in [0.2, 0.25) is 0 Å². The van der Waals surface area contributed by atoms with Crippen LogP contribution in [0.5, 0.6) is 11.5 Å². The number of amides is 4. The van der Waals surface area contributed by atoms with E-state index in [-0.39, 0.29) is 36.9 Å². The summed E-state index contributed by atoms with van der Waals surface area (Å²) < 4.78 is 10.8. The Bertz CT molecular complexity index is 908. The van der Waals surface area contributed by atoms with Gasteiger partial charge in [0, 0.05) is 38.7 Å². The number of urea groups is 1. The summed E-state index contributed by atoms with van der Waals surface area (Å²) in [5, 5.41) is 0. The largest absolute Gasteiger partial charge is 0.497 e. The third-order valence-corrected chi connectivity index (χ3v) is 7.32. The summed E-state index contributed by atoms with van der Waals surface area (Å²) in [7, 11) is 4.99. The quantitative estimate of drug-likeness (QED) is 0.557. The van der Waals surface area contributed by atoms with Gasteiger partial charge in [-0.3, -0.25) is 9.59 Å². The monoisotopic (exact) mass is 502 g/mol. The van der Waals surface area contributed by atoms with Crippen molar-refractivity contribution in [1.29, 1.82) is 0 Å². The number of primary amides is 1. The number of nitrogens with two attached hydrogens (primary N) is 1. The van der Waals surface area contributed by atoms with Crippen LogP contribution >= 0.6 is 0 Å². The van der Waals surface area contributed by atoms with Gasteiger partial charge in [0.15, 0.2) is 0 Å². The predicted molar refractivity (Wildman–Crippen MR) is 138 cm³/mol. The molecule has 1 saturated heterocycles. The van der Waals surface area contributed by atoms with E-state index in [1.165, 1.54) is 6.42 Å². The van der Waals surface area contributed by atoms with Crippen molar-refractivity contribution in [3.05, 3.63) is 23.8 Å². The second-order valence-corrected chi connectivity index (χ2v) is 10.5. The average Bonchev–Trinajstić information content (AvgIpc) is 2.85. The first-order chi connectivity index (χ1) is 17.1. The molecule has 9 heteroatoms. The molecule has 0 bridgehead atoms. The van der Waals surface area contributed by atoms with Crippen LogP contribution in [0, 0.1) is 5.92 Å². The van der Waals surface area contributed by atoms with E-state index in [9.17, 15) is 14.4 Å². The lowest BCUT2D eigenvalue weighted by molar-refractivity contribution is -0.146. The Kier molecular flexibility index (Phi) is 9.45. The molecule has 1 aromatic rings. The number of benzene rings is 1. The first-order valence-corrected chi connectivity index (χ1v) is 13.0. The molecule has 1 aliphatic carbocycles. The number of rotatable bonds is 9. The Morgan fingerprint density at radius 1 is 1.08 bits per heavy atom. The number of hydrogen-bond donors (Lipinski definition) is 1. The number of hydrogen-bond acceptors (Lipinski definition) is 5. The van der Waals surface area contributed by atoms with E-state index in [2.05, 4.69) is 0 Å². The van der Waals surface area contributed by atoms with E-state index in [1.54, 1.807) is 35.0 Å². The second kappa shape index (κ2) is 12.3. The van der Waals surface area contributed by atoms with Crippen LogP contribution in [-0.4, -0.2) is 78.5 Å². The Morgan fingerprint density at radius 3 is 2.22 bits per heavy atom. The van der Waals surface area contributed by atoms with Gasteiger partial charge in [-0.15, -0.1) is 0 Å². The minimum absolute atomic E-state index is 0.00402. The van der Waals surface area contributed by atoms with Crippen molar-refractivity contribution in [3.8, 4) is 11.5 Å². The fourth-order valence-electron chi connectivity index (χ4n) is 5.49. The molecule has 4 amide bonds. The van der Waals surface area contributed by atoms with Gasteiger partial charge in [0.2, 0.25) is 11.8 Å². The van der Waals surface area contributed by atoms with Crippen LogP contribution in [0.3, 0.4) is 0 Å². The lowest BCUT2D eigenvalue weighted by Gasteiger charge is -2.48. The summed E-state index contributed by atoms with van der Waals surface area (Å²) in [4.78, 5) is 45.0. The minimum atomic E-state index is -0.658. The summed E-state index contributed by atoms with van der Waals surface area (Å²) in [6.07, 6.45) is 5.82. The third-order valence-electron chi connectivity index (χ3n) is 7.32. The van der Waals surface area contributed by atoms with E-state index in [0.717, 1.165) is 31.2 Å². The van der Waals surface area contributed by atoms with Gasteiger partial charge in [0.25, 0.3) is 0 Å². The second-order valence-electron chi connectivity index (χ2n) is 10.5. The van der Waals surface area contributed by atoms with Gasteiger partial charge in [0.1, 0.15) is 17.5 Å². The number of ether oxygens (including phenoxy) is 2. The molecule has 2 fully saturated rings. The molecule has 1 saturated carbocycles. The SMILES string of the molecule is COc1cc(CN2C[C@H](CC(N)=O)N(C(=O)N(C)C3CCCCC3)[C@@H](CC(C)C)C2=O)cc(OC)c1. The van der Waals surface area contributed by atoms with Gasteiger partial charge in [-0.1, -0.05) is 33.1 Å². The minimum Gasteiger partial charge on any atom is -0.497 e. The van der Waals surface area contributed by atoms with Crippen molar-refractivity contribution in [1.82, 2.24) is 14.7 Å². The summed E-state index contributed by atoms with van der Waals surface area (Å²) >= 11 is 0. The van der Waals surface area contributed by atoms with E-state index >= 15 is 0 Å². The van der Waals surface area contributed by atoms with Crippen molar-refractivity contribution < 1.29 is 23.9 Å². The average molecular weight is 503 g/mol. The Balaban J connectivity index is 1.93. The molecule has 1 aromatic carbocycles. The topological polar surface area (TPSA) is 105 Å². The van der Waals surface area contributed by atoms with Gasteiger partial charge in [-0.25, -0.2) is 4.79 Å². The first kappa shape index (κ1) is 27.6. The van der Waals surface area contributed by atoms with Crippen molar-refractivity contribution in [2.75, 3.05) is 27.8 Å². The van der Waals surface area contributed by atoms with Crippen LogP contribution in [0.4, 0.5) is 4.79 Å². The van der Waals surface area contributed by atoms with E-state index in [4.69, 9.17) is 15.2 Å². The fourth-order valence-corrected chi connectivity index (χ4v) is 5.49. The molecule has 2 aliphatic rings. The van der Waals surface area contributed by atoms with Crippen LogP contribution in [0.15, 0.2) is 18.2 Å². The molecular formula is C27H42N4O5. The molecule has 1 aliphatic heterocycles. The Morgan fingerprint density at radius 2 is 1.69 bits per heavy atom. The number of methoxy groups -OCH3 is 2. The molecule has 3 rings (SSSR count). The molecule has 0 aromatic heterocycles. The van der Waals surface area contributed by atoms with Crippen LogP contribution in [-0.2, 0) is 16.1 Å². The summed E-state index contributed by atoms with van der Waals surface area (Å²) in [5.74, 6) is 0.843. The highest BCUT2D eigenvalue weighted by Crippen LogP contribution is 2.31. The zero-order valence-corrected chi connectivity index (χ0v) is 22.4. The summed E-state index contributed by atoms with van der Waals surface area (Å²) in [6.45, 7) is 4.63. The molecule has 0 radical (unpaired) electrons. The molecule has 2 atom stereocenters. The van der Waals surface area contributed by atoms with E-state index in [0.29, 0.717) is 24.5 Å². The summed E-state index contributed by atoms with van der Waals surface area (Å²) in [6, 6.07) is 4.33. The third kappa shape index (κ3) is 6.62. The maximum atomic E-state index is 13.9. The van der Waals surface area contributed by atoms with Gasteiger partial charge in [-0.05, 0) is 42.9 Å². The highest BCUT2D eigenvalue weighted by atomic mass is 16.5. The smallest absolute Gasteiger partial charge is 0.321 e. The highest BCUT2D eigenvalue weighted by Gasteiger charge is 2.45. The molecule has 0 spiro atoms. The molecular weight excluding hydrogens is 460 g/mol. The maximum Gasteiger partial charge on any atom is 0.321 e. The molecule has 200 valence electrons. The molecule has 1 heterocycles. The van der Waals surface area contributed by atoms with Gasteiger partial charge < -0.3 is 29.9 Å². The van der Waals surface area contributed by atoms with E-state index in [1.807, 2.05) is 33.0 Å². The predicted octanol–water partition coefficient (Wildman–Crippen LogP) is 3.39. The first-order valence-electron chi connectivity index (χ1n) is 13.0. The molecule has 2 N–H and O–H groups in total. The van der Waals surface area contributed by atoms with Crippen LogP contribution in [0.1, 0.15) is 64.4 Å². The standard InChI is InChI=1S/C27H42N4O5/c1-18(2)11-24-26(33)30(16-19-12-22(35-4)15-23(13-19)36-5)17-21(14-25(28)32)31(24)27(34)29(3)20-9-7-6-8-10-20/h12-13,15,18,20-21,24H,6-11,14,16-17H2,1-5H3,(H2,28,32)/t21-,24-/m0/s1. The lowest BCUT2D eigenvalue weighted by Crippen LogP contribution is -2.66. The zero-order chi connectivity index (χ0) is 26.4. The number of carbonyl (C=O) groups excluding carboxylic acids is 3.